The summed E-state index contributed by atoms with van der Waals surface area (Å²) in [6.07, 6.45) is 8.58. The predicted octanol–water partition coefficient (Wildman–Crippen LogP) is 5.71. The zero-order valence-corrected chi connectivity index (χ0v) is 44.7. The Bertz CT molecular complexity index is 2760. The number of likely N-dealkylation sites (tertiary alicyclic amines) is 1. The van der Waals surface area contributed by atoms with Crippen LogP contribution in [0.2, 0.25) is 0 Å². The van der Waals surface area contributed by atoms with E-state index in [1.807, 2.05) is 19.2 Å². The molecule has 4 aliphatic heterocycles. The van der Waals surface area contributed by atoms with Crippen molar-refractivity contribution < 1.29 is 38.6 Å². The summed E-state index contributed by atoms with van der Waals surface area (Å²) in [6, 6.07) is 10.8. The van der Waals surface area contributed by atoms with E-state index in [0.29, 0.717) is 43.8 Å². The summed E-state index contributed by atoms with van der Waals surface area (Å²) in [7, 11) is 7.07. The van der Waals surface area contributed by atoms with Crippen molar-refractivity contribution in [1.82, 2.24) is 45.3 Å². The molecule has 4 fully saturated rings. The first-order chi connectivity index (χ1) is 35.4. The van der Waals surface area contributed by atoms with Crippen LogP contribution in [0.3, 0.4) is 0 Å². The van der Waals surface area contributed by atoms with Gasteiger partial charge in [0.05, 0.1) is 36.7 Å². The Morgan fingerprint density at radius 2 is 1.73 bits per heavy atom. The van der Waals surface area contributed by atoms with Crippen molar-refractivity contribution in [3.63, 3.8) is 0 Å². The molecule has 17 nitrogen and oxygen atoms in total. The molecule has 6 bridgehead atoms. The lowest BCUT2D eigenvalue weighted by atomic mass is 9.83. The van der Waals surface area contributed by atoms with Gasteiger partial charge in [-0.1, -0.05) is 38.8 Å². The monoisotopic (exact) mass is 1020 g/mol. The summed E-state index contributed by atoms with van der Waals surface area (Å²) in [5.74, 6) is -1.76. The molecule has 4 N–H and O–H groups in total. The number of aromatic hydroxyl groups is 1. The standard InChI is InChI=1S/C57H77N9O8/c1-9-65-48-17-16-38-27-42(48)44(52(65)43-28-40(30-59-50(43)34(2)73-8)36-18-21-62(5)22-19-36)29-57(3,4)33-74-56(72)45-15-12-20-66(61-45)55(71)46(25-35-23-39(38)26-41(67)24-35)60-53(69)51(37-13-10-11-14-37)64(7)49(68)32-63(6)54(70)47-31-58-47/h16-17,23-24,26-28,30,34,36-37,45-47,51,58,61,67H,9-15,18-22,25,29,31-33H2,1-8H3,(H,60,69)/t34-,45-,46-,47+,51-/m0/s1. The lowest BCUT2D eigenvalue weighted by Crippen LogP contribution is -2.62. The Labute approximate surface area is 435 Å². The highest BCUT2D eigenvalue weighted by molar-refractivity contribution is 5.96. The number of esters is 1. The number of nitrogens with one attached hydrogen (secondary N) is 3. The van der Waals surface area contributed by atoms with E-state index in [9.17, 15) is 29.1 Å². The SMILES string of the molecule is CCn1c(-c2cc(C3CCN(C)CC3)cnc2[C@H](C)OC)c2c3cc(ccc31)-c1cc(O)cc(c1)C[C@H](NC(=O)[C@H](C1CCCC1)N(C)C(=O)CN(C)C(=O)[C@H]1CN1)C(=O)N1CCC[C@H](N1)C(=O)OCC(C)(C)C2. The molecular weight excluding hydrogens is 939 g/mol. The molecule has 4 amide bonds. The smallest absolute Gasteiger partial charge is 0.324 e. The molecule has 0 unspecified atom stereocenters. The number of fused-ring (bicyclic) bond motifs is 6. The summed E-state index contributed by atoms with van der Waals surface area (Å²) in [5.41, 5.74) is 11.0. The summed E-state index contributed by atoms with van der Waals surface area (Å²) in [4.78, 5) is 81.0. The normalized spacial score (nSPS) is 22.7. The number of nitrogens with zero attached hydrogens (tertiary/aromatic N) is 6. The topological polar surface area (TPSA) is 201 Å². The summed E-state index contributed by atoms with van der Waals surface area (Å²) < 4.78 is 14.6. The Morgan fingerprint density at radius 1 is 0.986 bits per heavy atom. The van der Waals surface area contributed by atoms with Crippen LogP contribution in [-0.4, -0.2) is 156 Å². The third-order valence-electron chi connectivity index (χ3n) is 16.4. The average molecular weight is 1020 g/mol. The van der Waals surface area contributed by atoms with Crippen molar-refractivity contribution in [3.8, 4) is 28.1 Å². The second-order valence-electron chi connectivity index (χ2n) is 22.5. The van der Waals surface area contributed by atoms with E-state index in [0.717, 1.165) is 96.2 Å². The molecule has 5 aliphatic rings. The van der Waals surface area contributed by atoms with Crippen LogP contribution in [0.25, 0.3) is 33.3 Å². The first kappa shape index (κ1) is 53.0. The highest BCUT2D eigenvalue weighted by Gasteiger charge is 2.41. The minimum absolute atomic E-state index is 0.000764. The van der Waals surface area contributed by atoms with Crippen molar-refractivity contribution in [2.45, 2.75) is 135 Å². The number of cyclic esters (lactones) is 1. The van der Waals surface area contributed by atoms with Crippen LogP contribution in [-0.2, 0) is 52.8 Å². The van der Waals surface area contributed by atoms with Crippen molar-refractivity contribution in [2.75, 3.05) is 67.6 Å². The number of hydrogen-bond acceptors (Lipinski definition) is 12. The lowest BCUT2D eigenvalue weighted by Gasteiger charge is -2.37. The molecule has 398 valence electrons. The van der Waals surface area contributed by atoms with Crippen molar-refractivity contribution in [2.24, 2.45) is 11.3 Å². The van der Waals surface area contributed by atoms with Gasteiger partial charge in [-0.05, 0) is 149 Å². The number of hydrazine groups is 1. The minimum Gasteiger partial charge on any atom is -0.508 e. The van der Waals surface area contributed by atoms with Crippen molar-refractivity contribution in [3.05, 3.63) is 71.0 Å². The second kappa shape index (κ2) is 22.1. The minimum atomic E-state index is -1.16. The number of phenols is 1. The highest BCUT2D eigenvalue weighted by Crippen LogP contribution is 2.44. The number of methoxy groups -OCH3 is 1. The first-order valence-corrected chi connectivity index (χ1v) is 26.9. The summed E-state index contributed by atoms with van der Waals surface area (Å²) >= 11 is 0. The van der Waals surface area contributed by atoms with Crippen LogP contribution in [0.5, 0.6) is 5.75 Å². The third kappa shape index (κ3) is 11.4. The number of phenolic OH excluding ortho intramolecular Hbond substituents is 1. The fourth-order valence-electron chi connectivity index (χ4n) is 12.0. The maximum Gasteiger partial charge on any atom is 0.324 e. The van der Waals surface area contributed by atoms with Crippen LogP contribution in [0.4, 0.5) is 0 Å². The van der Waals surface area contributed by atoms with Gasteiger partial charge < -0.3 is 44.5 Å². The lowest BCUT2D eigenvalue weighted by molar-refractivity contribution is -0.155. The van der Waals surface area contributed by atoms with Crippen molar-refractivity contribution >= 4 is 40.5 Å². The molecule has 17 heteroatoms. The molecule has 1 aliphatic carbocycles. The van der Waals surface area contributed by atoms with Crippen LogP contribution >= 0.6 is 0 Å². The van der Waals surface area contributed by atoms with Gasteiger partial charge in [0.2, 0.25) is 17.7 Å². The number of hydrogen-bond donors (Lipinski definition) is 4. The fourth-order valence-corrected chi connectivity index (χ4v) is 12.0. The molecule has 3 saturated heterocycles. The van der Waals surface area contributed by atoms with Crippen molar-refractivity contribution in [1.29, 1.82) is 0 Å². The maximum atomic E-state index is 14.9. The number of rotatable bonds is 12. The number of carbonyl (C=O) groups excluding carboxylic acids is 5. The van der Waals surface area contributed by atoms with E-state index in [1.54, 1.807) is 33.3 Å². The maximum absolute atomic E-state index is 14.9. The van der Waals surface area contributed by atoms with E-state index in [2.05, 4.69) is 77.6 Å². The van der Waals surface area contributed by atoms with Gasteiger partial charge in [0.15, 0.2) is 0 Å². The van der Waals surface area contributed by atoms with Gasteiger partial charge in [-0.25, -0.2) is 5.43 Å². The Morgan fingerprint density at radius 3 is 2.43 bits per heavy atom. The molecule has 9 rings (SSSR count). The van der Waals surface area contributed by atoms with E-state index >= 15 is 0 Å². The van der Waals surface area contributed by atoms with Crippen LogP contribution in [0.1, 0.15) is 113 Å². The van der Waals surface area contributed by atoms with Gasteiger partial charge in [-0.3, -0.25) is 34.0 Å². The second-order valence-corrected chi connectivity index (χ2v) is 22.5. The number of benzene rings is 2. The molecule has 74 heavy (non-hydrogen) atoms. The quantitative estimate of drug-likeness (QED) is 0.0998. The molecule has 2 aromatic carbocycles. The number of likely N-dealkylation sites (N-methyl/N-ethyl adjacent to an activating group) is 2. The molecule has 4 aromatic rings. The van der Waals surface area contributed by atoms with Crippen LogP contribution < -0.4 is 16.1 Å². The molecule has 0 radical (unpaired) electrons. The highest BCUT2D eigenvalue weighted by atomic mass is 16.5. The average Bonchev–Trinajstić information content (AvgIpc) is 4.02. The summed E-state index contributed by atoms with van der Waals surface area (Å²) in [5, 5.41) is 20.0. The summed E-state index contributed by atoms with van der Waals surface area (Å²) in [6.45, 7) is 11.9. The number of aryl methyl sites for hydroxylation is 1. The number of pyridine rings is 1. The number of aromatic nitrogens is 2. The first-order valence-electron chi connectivity index (χ1n) is 26.9. The Balaban J connectivity index is 1.13. The third-order valence-corrected chi connectivity index (χ3v) is 16.4. The van der Waals surface area contributed by atoms with Gasteiger partial charge in [0, 0.05) is 75.3 Å². The van der Waals surface area contributed by atoms with Crippen LogP contribution in [0.15, 0.2) is 48.7 Å². The Kier molecular flexibility index (Phi) is 15.8. The van der Waals surface area contributed by atoms with E-state index < -0.39 is 41.3 Å². The van der Waals surface area contributed by atoms with Gasteiger partial charge in [0.1, 0.15) is 23.9 Å². The zero-order valence-electron chi connectivity index (χ0n) is 44.7. The van der Waals surface area contributed by atoms with E-state index in [-0.39, 0.29) is 61.7 Å². The van der Waals surface area contributed by atoms with Gasteiger partial charge in [-0.2, -0.15) is 0 Å². The number of ether oxygens (including phenoxy) is 2. The largest absolute Gasteiger partial charge is 0.508 e. The predicted molar refractivity (Wildman–Crippen MR) is 283 cm³/mol. The number of amides is 4. The zero-order chi connectivity index (χ0) is 52.6. The molecule has 2 aromatic heterocycles. The van der Waals surface area contributed by atoms with E-state index in [4.69, 9.17) is 14.5 Å². The van der Waals surface area contributed by atoms with Gasteiger partial charge >= 0.3 is 5.97 Å². The number of carbonyl (C=O) groups is 5. The number of piperidine rings is 1. The van der Waals surface area contributed by atoms with E-state index in [1.165, 1.54) is 20.4 Å². The van der Waals surface area contributed by atoms with Gasteiger partial charge in [-0.15, -0.1) is 0 Å². The molecule has 1 saturated carbocycles. The molecule has 0 spiro atoms. The van der Waals surface area contributed by atoms with Gasteiger partial charge in [0.25, 0.3) is 5.91 Å². The molecular formula is C57H77N9O8. The Hall–Kier alpha value is -5.88. The van der Waals surface area contributed by atoms with Crippen LogP contribution in [0, 0.1) is 11.3 Å². The fraction of sp³-hybridized carbons (Fsp3) is 0.579. The molecule has 6 heterocycles. The molecule has 5 atom stereocenters.